The van der Waals surface area contributed by atoms with Crippen molar-refractivity contribution in [2.75, 3.05) is 33.2 Å². The fraction of sp³-hybridized carbons (Fsp3) is 0.588. The largest absolute Gasteiger partial charge is 0.340 e. The molecular weight excluding hydrogens is 281 g/mol. The Morgan fingerprint density at radius 1 is 1.45 bits per heavy atom. The first kappa shape index (κ1) is 16.9. The van der Waals surface area contributed by atoms with Crippen molar-refractivity contribution in [2.45, 2.75) is 25.8 Å². The lowest BCUT2D eigenvalue weighted by atomic mass is 9.95. The molecule has 1 aliphatic rings. The molecule has 1 saturated heterocycles. The van der Waals surface area contributed by atoms with E-state index in [0.29, 0.717) is 31.1 Å². The van der Waals surface area contributed by atoms with Gasteiger partial charge in [0.1, 0.15) is 5.82 Å². The monoisotopic (exact) mass is 307 g/mol. The molecule has 2 rings (SSSR count). The first-order valence-electron chi connectivity index (χ1n) is 8.00. The molecule has 22 heavy (non-hydrogen) atoms. The molecule has 0 aliphatic carbocycles. The van der Waals surface area contributed by atoms with Gasteiger partial charge in [-0.2, -0.15) is 0 Å². The van der Waals surface area contributed by atoms with E-state index in [1.165, 1.54) is 12.5 Å². The molecule has 0 radical (unpaired) electrons. The summed E-state index contributed by atoms with van der Waals surface area (Å²) in [5.41, 5.74) is 6.18. The molecule has 122 valence electrons. The summed E-state index contributed by atoms with van der Waals surface area (Å²) >= 11 is 0. The average molecular weight is 307 g/mol. The van der Waals surface area contributed by atoms with Crippen LogP contribution in [-0.4, -0.2) is 48.9 Å². The Morgan fingerprint density at radius 2 is 2.23 bits per heavy atom. The van der Waals surface area contributed by atoms with E-state index in [1.807, 2.05) is 0 Å². The summed E-state index contributed by atoms with van der Waals surface area (Å²) in [6.45, 7) is 3.33. The molecule has 4 nitrogen and oxygen atoms in total. The van der Waals surface area contributed by atoms with Gasteiger partial charge in [-0.3, -0.25) is 9.69 Å². The SMILES string of the molecule is CN(Cc1ccccc1F)C(=O)CN1CCCC(CCN)C1. The number of hydrogen-bond donors (Lipinski definition) is 1. The quantitative estimate of drug-likeness (QED) is 0.872. The Hall–Kier alpha value is -1.46. The Kier molecular flexibility index (Phi) is 6.34. The van der Waals surface area contributed by atoms with Gasteiger partial charge in [-0.05, 0) is 44.3 Å². The highest BCUT2D eigenvalue weighted by molar-refractivity contribution is 5.78. The minimum absolute atomic E-state index is 0.0386. The van der Waals surface area contributed by atoms with Crippen molar-refractivity contribution in [3.8, 4) is 0 Å². The lowest BCUT2D eigenvalue weighted by Crippen LogP contribution is -2.43. The predicted molar refractivity (Wildman–Crippen MR) is 85.7 cm³/mol. The van der Waals surface area contributed by atoms with E-state index < -0.39 is 0 Å². The number of carbonyl (C=O) groups excluding carboxylic acids is 1. The van der Waals surface area contributed by atoms with Crippen LogP contribution in [0.4, 0.5) is 4.39 Å². The van der Waals surface area contributed by atoms with E-state index in [2.05, 4.69) is 4.90 Å². The molecule has 0 spiro atoms. The van der Waals surface area contributed by atoms with Crippen LogP contribution in [0.1, 0.15) is 24.8 Å². The van der Waals surface area contributed by atoms with Crippen LogP contribution in [0.15, 0.2) is 24.3 Å². The number of likely N-dealkylation sites (N-methyl/N-ethyl adjacent to an activating group) is 1. The normalized spacial score (nSPS) is 19.1. The summed E-state index contributed by atoms with van der Waals surface area (Å²) in [4.78, 5) is 16.1. The molecule has 1 heterocycles. The Labute approximate surface area is 132 Å². The molecule has 0 bridgehead atoms. The van der Waals surface area contributed by atoms with Gasteiger partial charge < -0.3 is 10.6 Å². The highest BCUT2D eigenvalue weighted by Crippen LogP contribution is 2.19. The van der Waals surface area contributed by atoms with Gasteiger partial charge in [0.2, 0.25) is 5.91 Å². The summed E-state index contributed by atoms with van der Waals surface area (Å²) in [5, 5.41) is 0. The van der Waals surface area contributed by atoms with Crippen LogP contribution in [0, 0.1) is 11.7 Å². The smallest absolute Gasteiger partial charge is 0.236 e. The van der Waals surface area contributed by atoms with Crippen molar-refractivity contribution in [1.82, 2.24) is 9.80 Å². The van der Waals surface area contributed by atoms with Gasteiger partial charge in [-0.15, -0.1) is 0 Å². The van der Waals surface area contributed by atoms with Gasteiger partial charge in [0.15, 0.2) is 0 Å². The van der Waals surface area contributed by atoms with Gasteiger partial charge in [0.05, 0.1) is 6.54 Å². The van der Waals surface area contributed by atoms with Crippen LogP contribution < -0.4 is 5.73 Å². The maximum atomic E-state index is 13.6. The molecule has 1 fully saturated rings. The van der Waals surface area contributed by atoms with Crippen molar-refractivity contribution < 1.29 is 9.18 Å². The van der Waals surface area contributed by atoms with Crippen LogP contribution in [-0.2, 0) is 11.3 Å². The molecular formula is C17H26FN3O. The zero-order valence-electron chi connectivity index (χ0n) is 13.3. The average Bonchev–Trinajstić information content (AvgIpc) is 2.50. The Bertz CT molecular complexity index is 493. The fourth-order valence-electron chi connectivity index (χ4n) is 3.05. The fourth-order valence-corrected chi connectivity index (χ4v) is 3.05. The van der Waals surface area contributed by atoms with E-state index in [-0.39, 0.29) is 11.7 Å². The number of benzene rings is 1. The highest BCUT2D eigenvalue weighted by Gasteiger charge is 2.22. The minimum atomic E-state index is -0.261. The van der Waals surface area contributed by atoms with E-state index in [0.717, 1.165) is 25.9 Å². The number of halogens is 1. The lowest BCUT2D eigenvalue weighted by Gasteiger charge is -2.33. The Balaban J connectivity index is 1.84. The maximum Gasteiger partial charge on any atom is 0.236 e. The van der Waals surface area contributed by atoms with Gasteiger partial charge in [0, 0.05) is 25.7 Å². The van der Waals surface area contributed by atoms with Crippen LogP contribution in [0.25, 0.3) is 0 Å². The summed E-state index contributed by atoms with van der Waals surface area (Å²) in [5.74, 6) is 0.378. The summed E-state index contributed by atoms with van der Waals surface area (Å²) in [6, 6.07) is 6.59. The van der Waals surface area contributed by atoms with Gasteiger partial charge in [-0.25, -0.2) is 4.39 Å². The number of rotatable bonds is 6. The number of amides is 1. The predicted octanol–water partition coefficient (Wildman–Crippen LogP) is 1.84. The van der Waals surface area contributed by atoms with Gasteiger partial charge in [-0.1, -0.05) is 18.2 Å². The number of likely N-dealkylation sites (tertiary alicyclic amines) is 1. The third kappa shape index (κ3) is 4.78. The summed E-state index contributed by atoms with van der Waals surface area (Å²) in [7, 11) is 1.73. The molecule has 1 amide bonds. The summed E-state index contributed by atoms with van der Waals surface area (Å²) < 4.78 is 13.6. The topological polar surface area (TPSA) is 49.6 Å². The molecule has 0 saturated carbocycles. The molecule has 1 aromatic rings. The van der Waals surface area contributed by atoms with Crippen LogP contribution in [0.5, 0.6) is 0 Å². The van der Waals surface area contributed by atoms with E-state index in [1.54, 1.807) is 30.1 Å². The first-order valence-corrected chi connectivity index (χ1v) is 8.00. The number of hydrogen-bond acceptors (Lipinski definition) is 3. The second-order valence-corrected chi connectivity index (χ2v) is 6.16. The van der Waals surface area contributed by atoms with Crippen LogP contribution >= 0.6 is 0 Å². The second kappa shape index (κ2) is 8.25. The number of nitrogens with zero attached hydrogens (tertiary/aromatic N) is 2. The zero-order valence-corrected chi connectivity index (χ0v) is 13.3. The molecule has 1 aromatic carbocycles. The number of piperidine rings is 1. The minimum Gasteiger partial charge on any atom is -0.340 e. The molecule has 1 unspecified atom stereocenters. The van der Waals surface area contributed by atoms with Crippen molar-refractivity contribution in [3.63, 3.8) is 0 Å². The van der Waals surface area contributed by atoms with E-state index >= 15 is 0 Å². The van der Waals surface area contributed by atoms with E-state index in [4.69, 9.17) is 5.73 Å². The third-order valence-electron chi connectivity index (χ3n) is 4.33. The van der Waals surface area contributed by atoms with Gasteiger partial charge >= 0.3 is 0 Å². The van der Waals surface area contributed by atoms with E-state index in [9.17, 15) is 9.18 Å². The number of nitrogens with two attached hydrogens (primary N) is 1. The first-order chi connectivity index (χ1) is 10.6. The Morgan fingerprint density at radius 3 is 2.95 bits per heavy atom. The standard InChI is InChI=1S/C17H26FN3O/c1-20(12-15-6-2-3-7-16(15)18)17(22)13-21-10-4-5-14(11-21)8-9-19/h2-3,6-7,14H,4-5,8-13,19H2,1H3. The molecule has 5 heteroatoms. The van der Waals surface area contributed by atoms with Crippen molar-refractivity contribution in [3.05, 3.63) is 35.6 Å². The van der Waals surface area contributed by atoms with Crippen LogP contribution in [0.3, 0.4) is 0 Å². The summed E-state index contributed by atoms with van der Waals surface area (Å²) in [6.07, 6.45) is 3.34. The number of carbonyl (C=O) groups is 1. The molecule has 0 aromatic heterocycles. The van der Waals surface area contributed by atoms with Crippen molar-refractivity contribution >= 4 is 5.91 Å². The third-order valence-corrected chi connectivity index (χ3v) is 4.33. The highest BCUT2D eigenvalue weighted by atomic mass is 19.1. The zero-order chi connectivity index (χ0) is 15.9. The lowest BCUT2D eigenvalue weighted by molar-refractivity contribution is -0.132. The molecule has 2 N–H and O–H groups in total. The molecule has 1 aliphatic heterocycles. The second-order valence-electron chi connectivity index (χ2n) is 6.16. The van der Waals surface area contributed by atoms with Crippen LogP contribution in [0.2, 0.25) is 0 Å². The van der Waals surface area contributed by atoms with Crippen molar-refractivity contribution in [2.24, 2.45) is 11.7 Å². The van der Waals surface area contributed by atoms with Gasteiger partial charge in [0.25, 0.3) is 0 Å². The maximum absolute atomic E-state index is 13.6. The van der Waals surface area contributed by atoms with Crippen molar-refractivity contribution in [1.29, 1.82) is 0 Å². The molecule has 1 atom stereocenters.